The van der Waals surface area contributed by atoms with Crippen molar-refractivity contribution in [3.05, 3.63) is 57.2 Å². The molecule has 0 spiro atoms. The van der Waals surface area contributed by atoms with Crippen LogP contribution in [0.2, 0.25) is 5.02 Å². The van der Waals surface area contributed by atoms with Gasteiger partial charge < -0.3 is 22.1 Å². The van der Waals surface area contributed by atoms with Crippen molar-refractivity contribution in [2.24, 2.45) is 11.5 Å². The molecular weight excluding hydrogens is 512 g/mol. The average molecular weight is 535 g/mol. The molecule has 13 heteroatoms. The number of anilines is 1. The van der Waals surface area contributed by atoms with Crippen molar-refractivity contribution < 1.29 is 18.0 Å². The Kier molecular flexibility index (Phi) is 6.73. The second-order valence-corrected chi connectivity index (χ2v) is 11.3. The molecule has 0 bridgehead atoms. The highest BCUT2D eigenvalue weighted by Crippen LogP contribution is 2.32. The molecule has 0 radical (unpaired) electrons. The van der Waals surface area contributed by atoms with E-state index in [4.69, 9.17) is 34.2 Å². The van der Waals surface area contributed by atoms with E-state index in [2.05, 4.69) is 0 Å². The van der Waals surface area contributed by atoms with E-state index in [1.54, 1.807) is 23.6 Å². The predicted molar refractivity (Wildman–Crippen MR) is 136 cm³/mol. The summed E-state index contributed by atoms with van der Waals surface area (Å²) in [6.45, 7) is -0.106. The number of likely N-dealkylation sites (tertiary alicyclic amines) is 1. The van der Waals surface area contributed by atoms with Gasteiger partial charge in [0.2, 0.25) is 21.8 Å². The lowest BCUT2D eigenvalue weighted by molar-refractivity contribution is -0.131. The average Bonchev–Trinajstić information content (AvgIpc) is 3.42. The fourth-order valence-corrected chi connectivity index (χ4v) is 6.68. The number of rotatable bonds is 8. The molecule has 1 aliphatic heterocycles. The molecule has 1 aromatic heterocycles. The number of amidine groups is 1. The number of hydrogen-bond acceptors (Lipinski definition) is 7. The lowest BCUT2D eigenvalue weighted by Crippen LogP contribution is -2.48. The number of nitrogen functional groups attached to an aromatic ring is 2. The van der Waals surface area contributed by atoms with E-state index in [9.17, 15) is 18.0 Å². The highest BCUT2D eigenvalue weighted by molar-refractivity contribution is 7.89. The minimum absolute atomic E-state index is 0.0649. The number of fused-ring (bicyclic) bond motifs is 1. The van der Waals surface area contributed by atoms with E-state index in [1.807, 2.05) is 0 Å². The monoisotopic (exact) mass is 534 g/mol. The number of carbonyl (C=O) groups excluding carboxylic acids is 2. The first kappa shape index (κ1) is 24.9. The number of sulfonamides is 1. The number of benzene rings is 2. The second kappa shape index (κ2) is 9.46. The van der Waals surface area contributed by atoms with Gasteiger partial charge in [-0.3, -0.25) is 15.0 Å². The van der Waals surface area contributed by atoms with Gasteiger partial charge in [0.05, 0.1) is 27.0 Å². The first-order chi connectivity index (χ1) is 16.5. The van der Waals surface area contributed by atoms with Crippen molar-refractivity contribution in [3.63, 3.8) is 0 Å². The Morgan fingerprint density at radius 1 is 1.23 bits per heavy atom. The highest BCUT2D eigenvalue weighted by atomic mass is 35.5. The van der Waals surface area contributed by atoms with E-state index in [0.717, 1.165) is 9.87 Å². The lowest BCUT2D eigenvalue weighted by Gasteiger charge is -2.26. The fourth-order valence-electron chi connectivity index (χ4n) is 4.07. The van der Waals surface area contributed by atoms with E-state index >= 15 is 0 Å². The highest BCUT2D eigenvalue weighted by Gasteiger charge is 2.42. The first-order valence-corrected chi connectivity index (χ1v) is 13.2. The summed E-state index contributed by atoms with van der Waals surface area (Å²) >= 11 is 7.52. The van der Waals surface area contributed by atoms with Gasteiger partial charge in [0.1, 0.15) is 11.9 Å². The van der Waals surface area contributed by atoms with Crippen LogP contribution in [0.15, 0.2) is 46.7 Å². The van der Waals surface area contributed by atoms with E-state index in [0.29, 0.717) is 32.9 Å². The Bertz CT molecular complexity index is 1460. The number of amides is 2. The normalized spacial score (nSPS) is 16.3. The van der Waals surface area contributed by atoms with E-state index in [-0.39, 0.29) is 23.7 Å². The van der Waals surface area contributed by atoms with Crippen LogP contribution in [0.4, 0.5) is 5.69 Å². The summed E-state index contributed by atoms with van der Waals surface area (Å²) in [5.41, 5.74) is 17.8. The summed E-state index contributed by atoms with van der Waals surface area (Å²) in [6.07, 6.45) is 0.199. The number of halogens is 1. The number of nitrogens with one attached hydrogen (secondary N) is 1. The standard InChI is InChI=1S/C22H23ClN6O4S2/c23-20-15-3-2-14(8-13(15)1-4-16(20)24)35(32,33)29(10-19(25)30)17-5-6-28(22(17)31)9-12-7-18(21(26)27)34-11-12/h1-4,7-8,11,17H,5-6,9-10,24H2,(H2,25,30)(H3,26,27)/t17-/m0/s1. The Balaban J connectivity index is 1.64. The van der Waals surface area contributed by atoms with Crippen molar-refractivity contribution >= 4 is 67.1 Å². The largest absolute Gasteiger partial charge is 0.398 e. The Morgan fingerprint density at radius 3 is 2.63 bits per heavy atom. The van der Waals surface area contributed by atoms with E-state index in [1.165, 1.54) is 34.4 Å². The summed E-state index contributed by atoms with van der Waals surface area (Å²) in [4.78, 5) is 27.0. The molecule has 35 heavy (non-hydrogen) atoms. The molecule has 7 N–H and O–H groups in total. The van der Waals surface area contributed by atoms with Crippen LogP contribution >= 0.6 is 22.9 Å². The predicted octanol–water partition coefficient (Wildman–Crippen LogP) is 1.70. The van der Waals surface area contributed by atoms with Crippen molar-refractivity contribution in [1.82, 2.24) is 9.21 Å². The lowest BCUT2D eigenvalue weighted by atomic mass is 10.1. The van der Waals surface area contributed by atoms with Crippen LogP contribution in [0.1, 0.15) is 16.9 Å². The van der Waals surface area contributed by atoms with Gasteiger partial charge in [0, 0.05) is 18.5 Å². The molecule has 2 amide bonds. The summed E-state index contributed by atoms with van der Waals surface area (Å²) in [5, 5.41) is 10.8. The van der Waals surface area contributed by atoms with Crippen molar-refractivity contribution in [3.8, 4) is 0 Å². The molecule has 1 atom stereocenters. The quantitative estimate of drug-likeness (QED) is 0.194. The maximum Gasteiger partial charge on any atom is 0.244 e. The Labute approximate surface area is 210 Å². The number of primary amides is 1. The van der Waals surface area contributed by atoms with Crippen LogP contribution < -0.4 is 17.2 Å². The molecule has 1 saturated heterocycles. The van der Waals surface area contributed by atoms with Crippen LogP contribution in [-0.2, 0) is 26.2 Å². The number of hydrogen-bond donors (Lipinski definition) is 4. The second-order valence-electron chi connectivity index (χ2n) is 8.17. The molecule has 10 nitrogen and oxygen atoms in total. The first-order valence-electron chi connectivity index (χ1n) is 10.5. The summed E-state index contributed by atoms with van der Waals surface area (Å²) in [5.74, 6) is -1.37. The number of nitrogens with two attached hydrogens (primary N) is 3. The third kappa shape index (κ3) is 4.82. The van der Waals surface area contributed by atoms with Crippen molar-refractivity contribution in [2.45, 2.75) is 23.9 Å². The SMILES string of the molecule is N=C(N)c1cc(CN2CC[C@H](N(CC(N)=O)S(=O)(=O)c3ccc4c(Cl)c(N)ccc4c3)C2=O)cs1. The topological polar surface area (TPSA) is 177 Å². The van der Waals surface area contributed by atoms with Crippen LogP contribution in [0.5, 0.6) is 0 Å². The zero-order valence-electron chi connectivity index (χ0n) is 18.4. The summed E-state index contributed by atoms with van der Waals surface area (Å²) in [7, 11) is -4.26. The summed E-state index contributed by atoms with van der Waals surface area (Å²) in [6, 6.07) is 8.19. The summed E-state index contributed by atoms with van der Waals surface area (Å²) < 4.78 is 28.1. The Morgan fingerprint density at radius 2 is 1.97 bits per heavy atom. The maximum atomic E-state index is 13.6. The Hall–Kier alpha value is -3.19. The minimum Gasteiger partial charge on any atom is -0.398 e. The number of nitrogens with zero attached hydrogens (tertiary/aromatic N) is 2. The number of carbonyl (C=O) groups is 2. The van der Waals surface area contributed by atoms with Gasteiger partial charge in [-0.1, -0.05) is 23.7 Å². The minimum atomic E-state index is -4.26. The molecule has 0 unspecified atom stereocenters. The fraction of sp³-hybridized carbons (Fsp3) is 0.227. The third-order valence-electron chi connectivity index (χ3n) is 5.78. The van der Waals surface area contributed by atoms with Gasteiger partial charge in [-0.2, -0.15) is 4.31 Å². The van der Waals surface area contributed by atoms with Crippen LogP contribution in [0, 0.1) is 5.41 Å². The van der Waals surface area contributed by atoms with Gasteiger partial charge in [-0.25, -0.2) is 8.42 Å². The van der Waals surface area contributed by atoms with E-state index < -0.39 is 34.4 Å². The zero-order chi connectivity index (χ0) is 25.5. The molecule has 2 aromatic carbocycles. The molecule has 4 rings (SSSR count). The molecule has 3 aromatic rings. The smallest absolute Gasteiger partial charge is 0.244 e. The maximum absolute atomic E-state index is 13.6. The molecule has 1 aliphatic rings. The van der Waals surface area contributed by atoms with Gasteiger partial charge in [0.15, 0.2) is 0 Å². The zero-order valence-corrected chi connectivity index (χ0v) is 20.8. The molecule has 2 heterocycles. The third-order valence-corrected chi connectivity index (χ3v) is 9.07. The van der Waals surface area contributed by atoms with Crippen LogP contribution in [0.3, 0.4) is 0 Å². The molecular formula is C22H23ClN6O4S2. The molecule has 1 fully saturated rings. The number of thiophene rings is 1. The van der Waals surface area contributed by atoms with Gasteiger partial charge in [0.25, 0.3) is 0 Å². The van der Waals surface area contributed by atoms with Gasteiger partial charge in [-0.05, 0) is 47.0 Å². The molecule has 184 valence electrons. The van der Waals surface area contributed by atoms with Gasteiger partial charge >= 0.3 is 0 Å². The van der Waals surface area contributed by atoms with Gasteiger partial charge in [-0.15, -0.1) is 11.3 Å². The molecule has 0 saturated carbocycles. The van der Waals surface area contributed by atoms with Crippen LogP contribution in [0.25, 0.3) is 10.8 Å². The van der Waals surface area contributed by atoms with Crippen molar-refractivity contribution in [2.75, 3.05) is 18.8 Å². The van der Waals surface area contributed by atoms with Crippen molar-refractivity contribution in [1.29, 1.82) is 5.41 Å². The van der Waals surface area contributed by atoms with Crippen LogP contribution in [-0.4, -0.2) is 54.4 Å². The molecule has 0 aliphatic carbocycles.